The van der Waals surface area contributed by atoms with E-state index in [1.54, 1.807) is 0 Å². The normalized spacial score (nSPS) is 17.3. The first-order chi connectivity index (χ1) is 10.8. The van der Waals surface area contributed by atoms with Crippen LogP contribution < -0.4 is 4.74 Å². The fourth-order valence-corrected chi connectivity index (χ4v) is 2.67. The number of nitrogens with zero attached hydrogens (tertiary/aromatic N) is 1. The SMILES string of the molecule is Cc1cc2c(cc1C)OC(O)C(c1ccc(C(C)(C)C)cc1)=N2. The van der Waals surface area contributed by atoms with Gasteiger partial charge in [0.1, 0.15) is 17.1 Å². The van der Waals surface area contributed by atoms with E-state index in [4.69, 9.17) is 4.74 Å². The molecule has 0 spiro atoms. The van der Waals surface area contributed by atoms with Gasteiger partial charge in [-0.1, -0.05) is 45.0 Å². The molecule has 0 amide bonds. The van der Waals surface area contributed by atoms with Crippen molar-refractivity contribution >= 4 is 11.4 Å². The lowest BCUT2D eigenvalue weighted by atomic mass is 9.86. The lowest BCUT2D eigenvalue weighted by Gasteiger charge is -2.24. The molecule has 1 unspecified atom stereocenters. The summed E-state index contributed by atoms with van der Waals surface area (Å²) in [4.78, 5) is 4.63. The average Bonchev–Trinajstić information content (AvgIpc) is 2.48. The van der Waals surface area contributed by atoms with Gasteiger partial charge in [-0.25, -0.2) is 4.99 Å². The molecule has 23 heavy (non-hydrogen) atoms. The molecule has 1 aliphatic rings. The first-order valence-corrected chi connectivity index (χ1v) is 7.91. The third-order valence-electron chi connectivity index (χ3n) is 4.34. The first-order valence-electron chi connectivity index (χ1n) is 7.91. The van der Waals surface area contributed by atoms with Crippen molar-refractivity contribution < 1.29 is 9.84 Å². The van der Waals surface area contributed by atoms with Gasteiger partial charge in [0.15, 0.2) is 0 Å². The number of aliphatic hydroxyl groups excluding tert-OH is 1. The second-order valence-corrected chi connectivity index (χ2v) is 7.20. The van der Waals surface area contributed by atoms with Crippen molar-refractivity contribution in [3.05, 3.63) is 58.7 Å². The lowest BCUT2D eigenvalue weighted by molar-refractivity contribution is 0.0402. The van der Waals surface area contributed by atoms with Crippen molar-refractivity contribution in [2.24, 2.45) is 4.99 Å². The number of aliphatic hydroxyl groups is 1. The molecule has 120 valence electrons. The molecular formula is C20H23NO2. The minimum Gasteiger partial charge on any atom is -0.457 e. The molecule has 0 aromatic heterocycles. The van der Waals surface area contributed by atoms with Crippen LogP contribution >= 0.6 is 0 Å². The molecule has 0 saturated carbocycles. The predicted molar refractivity (Wildman–Crippen MR) is 93.9 cm³/mol. The molecule has 3 nitrogen and oxygen atoms in total. The molecule has 0 radical (unpaired) electrons. The minimum absolute atomic E-state index is 0.100. The Hall–Kier alpha value is -2.13. The smallest absolute Gasteiger partial charge is 0.242 e. The lowest BCUT2D eigenvalue weighted by Crippen LogP contribution is -2.30. The van der Waals surface area contributed by atoms with Crippen LogP contribution in [0, 0.1) is 13.8 Å². The molecule has 2 aromatic carbocycles. The first kappa shape index (κ1) is 15.8. The van der Waals surface area contributed by atoms with Crippen LogP contribution in [0.1, 0.15) is 43.0 Å². The van der Waals surface area contributed by atoms with Gasteiger partial charge in [-0.05, 0) is 48.1 Å². The maximum Gasteiger partial charge on any atom is 0.242 e. The summed E-state index contributed by atoms with van der Waals surface area (Å²) in [6.07, 6.45) is -1.04. The van der Waals surface area contributed by atoms with E-state index in [-0.39, 0.29) is 5.41 Å². The van der Waals surface area contributed by atoms with E-state index in [1.165, 1.54) is 5.56 Å². The highest BCUT2D eigenvalue weighted by Gasteiger charge is 2.24. The molecule has 1 atom stereocenters. The van der Waals surface area contributed by atoms with Crippen molar-refractivity contribution in [2.75, 3.05) is 0 Å². The van der Waals surface area contributed by atoms with Crippen molar-refractivity contribution in [1.82, 2.24) is 0 Å². The largest absolute Gasteiger partial charge is 0.457 e. The highest BCUT2D eigenvalue weighted by molar-refractivity contribution is 6.05. The quantitative estimate of drug-likeness (QED) is 0.846. The summed E-state index contributed by atoms with van der Waals surface area (Å²) in [5.74, 6) is 0.635. The molecule has 2 aromatic rings. The second-order valence-electron chi connectivity index (χ2n) is 7.20. The van der Waals surface area contributed by atoms with Crippen LogP contribution in [-0.2, 0) is 5.41 Å². The third kappa shape index (κ3) is 3.02. The van der Waals surface area contributed by atoms with Gasteiger partial charge in [0.05, 0.1) is 0 Å². The van der Waals surface area contributed by atoms with Gasteiger partial charge in [-0.15, -0.1) is 0 Å². The van der Waals surface area contributed by atoms with Gasteiger partial charge in [-0.2, -0.15) is 0 Å². The zero-order valence-electron chi connectivity index (χ0n) is 14.3. The van der Waals surface area contributed by atoms with Crippen LogP contribution in [0.3, 0.4) is 0 Å². The van der Waals surface area contributed by atoms with E-state index in [2.05, 4.69) is 37.9 Å². The standard InChI is InChI=1S/C20H23NO2/c1-12-10-16-17(11-13(12)2)23-19(22)18(21-16)14-6-8-15(9-7-14)20(3,4)5/h6-11,19,22H,1-5H3. The molecule has 0 bridgehead atoms. The van der Waals surface area contributed by atoms with Gasteiger partial charge in [0.25, 0.3) is 0 Å². The van der Waals surface area contributed by atoms with Gasteiger partial charge in [-0.3, -0.25) is 0 Å². The van der Waals surface area contributed by atoms with Crippen LogP contribution in [0.15, 0.2) is 41.4 Å². The average molecular weight is 309 g/mol. The maximum absolute atomic E-state index is 10.3. The number of hydrogen-bond acceptors (Lipinski definition) is 3. The molecular weight excluding hydrogens is 286 g/mol. The predicted octanol–water partition coefficient (Wildman–Crippen LogP) is 4.43. The van der Waals surface area contributed by atoms with E-state index in [9.17, 15) is 5.11 Å². The fourth-order valence-electron chi connectivity index (χ4n) is 2.67. The summed E-state index contributed by atoms with van der Waals surface area (Å²) in [5, 5.41) is 10.3. The number of aliphatic imine (C=N–C) groups is 1. The monoisotopic (exact) mass is 309 g/mol. The molecule has 1 heterocycles. The summed E-state index contributed by atoms with van der Waals surface area (Å²) in [5.41, 5.74) is 5.85. The zero-order chi connectivity index (χ0) is 16.8. The molecule has 1 aliphatic heterocycles. The Balaban J connectivity index is 2.02. The zero-order valence-corrected chi connectivity index (χ0v) is 14.3. The Bertz CT molecular complexity index is 767. The summed E-state index contributed by atoms with van der Waals surface area (Å²) < 4.78 is 5.66. The molecule has 1 N–H and O–H groups in total. The number of ether oxygens (including phenoxy) is 1. The van der Waals surface area contributed by atoms with Gasteiger partial charge < -0.3 is 9.84 Å². The number of aryl methyl sites for hydroxylation is 2. The van der Waals surface area contributed by atoms with Crippen LogP contribution in [-0.4, -0.2) is 17.1 Å². The van der Waals surface area contributed by atoms with Crippen molar-refractivity contribution in [3.8, 4) is 5.75 Å². The molecule has 0 fully saturated rings. The summed E-state index contributed by atoms with van der Waals surface area (Å²) in [7, 11) is 0. The Labute approximate surface area is 137 Å². The van der Waals surface area contributed by atoms with Crippen LogP contribution in [0.25, 0.3) is 0 Å². The van der Waals surface area contributed by atoms with Crippen LogP contribution in [0.5, 0.6) is 5.75 Å². The number of hydrogen-bond donors (Lipinski definition) is 1. The topological polar surface area (TPSA) is 41.8 Å². The summed E-state index contributed by atoms with van der Waals surface area (Å²) in [6, 6.07) is 12.1. The third-order valence-corrected chi connectivity index (χ3v) is 4.34. The fraction of sp³-hybridized carbons (Fsp3) is 0.350. The van der Waals surface area contributed by atoms with Crippen molar-refractivity contribution in [2.45, 2.75) is 46.3 Å². The van der Waals surface area contributed by atoms with E-state index in [0.29, 0.717) is 11.5 Å². The highest BCUT2D eigenvalue weighted by atomic mass is 16.6. The Kier molecular flexibility index (Phi) is 3.77. The molecule has 3 heteroatoms. The van der Waals surface area contributed by atoms with Gasteiger partial charge in [0.2, 0.25) is 6.29 Å². The summed E-state index contributed by atoms with van der Waals surface area (Å²) in [6.45, 7) is 10.6. The second kappa shape index (κ2) is 5.50. The Morgan fingerprint density at radius 3 is 2.22 bits per heavy atom. The van der Waals surface area contributed by atoms with Gasteiger partial charge in [0, 0.05) is 5.56 Å². The number of fused-ring (bicyclic) bond motifs is 1. The van der Waals surface area contributed by atoms with E-state index >= 15 is 0 Å². The van der Waals surface area contributed by atoms with Crippen LogP contribution in [0.4, 0.5) is 5.69 Å². The maximum atomic E-state index is 10.3. The van der Waals surface area contributed by atoms with Crippen molar-refractivity contribution in [3.63, 3.8) is 0 Å². The van der Waals surface area contributed by atoms with Gasteiger partial charge >= 0.3 is 0 Å². The Morgan fingerprint density at radius 1 is 1.00 bits per heavy atom. The van der Waals surface area contributed by atoms with Crippen molar-refractivity contribution in [1.29, 1.82) is 0 Å². The molecule has 0 aliphatic carbocycles. The van der Waals surface area contributed by atoms with Crippen LogP contribution in [0.2, 0.25) is 0 Å². The van der Waals surface area contributed by atoms with E-state index < -0.39 is 6.29 Å². The minimum atomic E-state index is -1.04. The molecule has 3 rings (SSSR count). The number of benzene rings is 2. The Morgan fingerprint density at radius 2 is 1.61 bits per heavy atom. The van der Waals surface area contributed by atoms with E-state index in [1.807, 2.05) is 38.1 Å². The number of rotatable bonds is 1. The summed E-state index contributed by atoms with van der Waals surface area (Å²) >= 11 is 0. The van der Waals surface area contributed by atoms with E-state index in [0.717, 1.165) is 22.4 Å². The molecule has 0 saturated heterocycles. The highest BCUT2D eigenvalue weighted by Crippen LogP contribution is 2.36.